The highest BCUT2D eigenvalue weighted by Gasteiger charge is 2.09. The molecule has 68 valence electrons. The van der Waals surface area contributed by atoms with Crippen molar-refractivity contribution >= 4 is 0 Å². The first kappa shape index (κ1) is 9.69. The average Bonchev–Trinajstić information content (AvgIpc) is 2.18. The molecule has 0 saturated heterocycles. The average molecular weight is 175 g/mol. The summed E-state index contributed by atoms with van der Waals surface area (Å²) >= 11 is 0. The van der Waals surface area contributed by atoms with Gasteiger partial charge < -0.3 is 5.73 Å². The zero-order chi connectivity index (χ0) is 9.68. The van der Waals surface area contributed by atoms with Gasteiger partial charge in [0.1, 0.15) is 6.07 Å². The van der Waals surface area contributed by atoms with Crippen LogP contribution in [-0.2, 0) is 0 Å². The van der Waals surface area contributed by atoms with E-state index in [-0.39, 0.29) is 6.04 Å². The number of aromatic nitrogens is 1. The van der Waals surface area contributed by atoms with Crippen molar-refractivity contribution in [3.05, 3.63) is 29.6 Å². The van der Waals surface area contributed by atoms with E-state index in [0.717, 1.165) is 18.4 Å². The number of rotatable bonds is 3. The van der Waals surface area contributed by atoms with Crippen LogP contribution in [0.5, 0.6) is 0 Å². The van der Waals surface area contributed by atoms with Crippen LogP contribution in [0, 0.1) is 11.3 Å². The summed E-state index contributed by atoms with van der Waals surface area (Å²) in [4.78, 5) is 3.88. The minimum absolute atomic E-state index is 0.0392. The van der Waals surface area contributed by atoms with Crippen LogP contribution in [0.25, 0.3) is 0 Å². The third-order valence-electron chi connectivity index (χ3n) is 1.97. The number of pyridine rings is 1. The molecule has 1 aromatic heterocycles. The van der Waals surface area contributed by atoms with Gasteiger partial charge in [-0.1, -0.05) is 13.3 Å². The molecule has 0 aromatic carbocycles. The van der Waals surface area contributed by atoms with Gasteiger partial charge in [-0.15, -0.1) is 0 Å². The summed E-state index contributed by atoms with van der Waals surface area (Å²) in [6.07, 6.45) is 5.16. The number of hydrogen-bond donors (Lipinski definition) is 1. The lowest BCUT2D eigenvalue weighted by Crippen LogP contribution is -2.11. The Hall–Kier alpha value is -1.40. The van der Waals surface area contributed by atoms with Gasteiger partial charge in [0.25, 0.3) is 0 Å². The Morgan fingerprint density at radius 3 is 3.08 bits per heavy atom. The van der Waals surface area contributed by atoms with E-state index in [1.807, 2.05) is 6.07 Å². The fourth-order valence-corrected chi connectivity index (χ4v) is 1.29. The monoisotopic (exact) mass is 175 g/mol. The van der Waals surface area contributed by atoms with E-state index in [0.29, 0.717) is 5.56 Å². The van der Waals surface area contributed by atoms with Gasteiger partial charge in [-0.2, -0.15) is 5.26 Å². The summed E-state index contributed by atoms with van der Waals surface area (Å²) in [6.45, 7) is 2.08. The zero-order valence-corrected chi connectivity index (χ0v) is 7.70. The molecule has 13 heavy (non-hydrogen) atoms. The number of nitrogens with two attached hydrogens (primary N) is 1. The molecule has 0 fully saturated rings. The number of nitrogens with zero attached hydrogens (tertiary/aromatic N) is 2. The van der Waals surface area contributed by atoms with Crippen molar-refractivity contribution in [3.8, 4) is 6.07 Å². The minimum atomic E-state index is -0.0392. The van der Waals surface area contributed by atoms with Gasteiger partial charge in [0.15, 0.2) is 0 Å². The highest BCUT2D eigenvalue weighted by atomic mass is 14.7. The molecule has 0 saturated carbocycles. The molecule has 0 bridgehead atoms. The quantitative estimate of drug-likeness (QED) is 0.761. The van der Waals surface area contributed by atoms with Gasteiger partial charge >= 0.3 is 0 Å². The summed E-state index contributed by atoms with van der Waals surface area (Å²) in [5.41, 5.74) is 7.39. The molecule has 1 atom stereocenters. The first-order valence-corrected chi connectivity index (χ1v) is 4.39. The summed E-state index contributed by atoms with van der Waals surface area (Å²) in [6, 6.07) is 3.87. The maximum absolute atomic E-state index is 8.79. The van der Waals surface area contributed by atoms with E-state index in [9.17, 15) is 0 Å². The fraction of sp³-hybridized carbons (Fsp3) is 0.400. The van der Waals surface area contributed by atoms with Crippen LogP contribution >= 0.6 is 0 Å². The van der Waals surface area contributed by atoms with Crippen molar-refractivity contribution < 1.29 is 0 Å². The molecule has 0 amide bonds. The highest BCUT2D eigenvalue weighted by molar-refractivity contribution is 5.36. The van der Waals surface area contributed by atoms with E-state index in [4.69, 9.17) is 11.0 Å². The van der Waals surface area contributed by atoms with Crippen molar-refractivity contribution in [2.75, 3.05) is 0 Å². The Bertz CT molecular complexity index is 314. The lowest BCUT2D eigenvalue weighted by molar-refractivity contribution is 0.636. The molecule has 3 heteroatoms. The van der Waals surface area contributed by atoms with Crippen molar-refractivity contribution in [1.29, 1.82) is 5.26 Å². The van der Waals surface area contributed by atoms with Crippen molar-refractivity contribution in [3.63, 3.8) is 0 Å². The van der Waals surface area contributed by atoms with Crippen LogP contribution < -0.4 is 5.73 Å². The normalized spacial score (nSPS) is 12.1. The Kier molecular flexibility index (Phi) is 3.41. The molecule has 0 aliphatic heterocycles. The molecule has 0 spiro atoms. The first-order valence-electron chi connectivity index (χ1n) is 4.39. The van der Waals surface area contributed by atoms with Crippen LogP contribution in [0.3, 0.4) is 0 Å². The smallest absolute Gasteiger partial charge is 0.101 e. The standard InChI is InChI=1S/C10H13N3/c1-2-3-10(12)9-4-5-13-7-8(9)6-11/h4-5,7,10H,2-3,12H2,1H3/t10-/m1/s1. The summed E-state index contributed by atoms with van der Waals surface area (Å²) < 4.78 is 0. The maximum atomic E-state index is 8.79. The van der Waals surface area contributed by atoms with Crippen LogP contribution in [0.1, 0.15) is 36.9 Å². The Morgan fingerprint density at radius 1 is 1.69 bits per heavy atom. The zero-order valence-electron chi connectivity index (χ0n) is 7.70. The van der Waals surface area contributed by atoms with Crippen LogP contribution in [-0.4, -0.2) is 4.98 Å². The maximum Gasteiger partial charge on any atom is 0.101 e. The molecule has 2 N–H and O–H groups in total. The van der Waals surface area contributed by atoms with Gasteiger partial charge in [0.05, 0.1) is 5.56 Å². The largest absolute Gasteiger partial charge is 0.324 e. The van der Waals surface area contributed by atoms with Gasteiger partial charge in [-0.3, -0.25) is 4.98 Å². The predicted octanol–water partition coefficient (Wildman–Crippen LogP) is 1.75. The van der Waals surface area contributed by atoms with Crippen molar-refractivity contribution in [2.24, 2.45) is 5.73 Å². The fourth-order valence-electron chi connectivity index (χ4n) is 1.29. The van der Waals surface area contributed by atoms with Crippen LogP contribution in [0.4, 0.5) is 0 Å². The minimum Gasteiger partial charge on any atom is -0.324 e. The van der Waals surface area contributed by atoms with Gasteiger partial charge in [0.2, 0.25) is 0 Å². The second-order valence-corrected chi connectivity index (χ2v) is 2.97. The molecule has 1 rings (SSSR count). The topological polar surface area (TPSA) is 62.7 Å². The van der Waals surface area contributed by atoms with E-state index >= 15 is 0 Å². The van der Waals surface area contributed by atoms with E-state index < -0.39 is 0 Å². The highest BCUT2D eigenvalue weighted by Crippen LogP contribution is 2.18. The number of hydrogen-bond acceptors (Lipinski definition) is 3. The third-order valence-corrected chi connectivity index (χ3v) is 1.97. The molecule has 0 radical (unpaired) electrons. The second kappa shape index (κ2) is 4.58. The molecule has 0 unspecified atom stereocenters. The lowest BCUT2D eigenvalue weighted by Gasteiger charge is -2.11. The molecule has 0 aliphatic rings. The van der Waals surface area contributed by atoms with Gasteiger partial charge in [-0.25, -0.2) is 0 Å². The van der Waals surface area contributed by atoms with Crippen molar-refractivity contribution in [1.82, 2.24) is 4.98 Å². The van der Waals surface area contributed by atoms with Gasteiger partial charge in [-0.05, 0) is 18.1 Å². The summed E-state index contributed by atoms with van der Waals surface area (Å²) in [7, 11) is 0. The van der Waals surface area contributed by atoms with Crippen LogP contribution in [0.15, 0.2) is 18.5 Å². The Balaban J connectivity index is 2.93. The molecule has 1 heterocycles. The SMILES string of the molecule is CCC[C@@H](N)c1ccncc1C#N. The number of nitriles is 1. The summed E-state index contributed by atoms with van der Waals surface area (Å²) in [5.74, 6) is 0. The van der Waals surface area contributed by atoms with E-state index in [1.165, 1.54) is 0 Å². The predicted molar refractivity (Wildman–Crippen MR) is 50.8 cm³/mol. The second-order valence-electron chi connectivity index (χ2n) is 2.97. The van der Waals surface area contributed by atoms with Crippen LogP contribution in [0.2, 0.25) is 0 Å². The molecular formula is C10H13N3. The van der Waals surface area contributed by atoms with E-state index in [2.05, 4.69) is 18.0 Å². The van der Waals surface area contributed by atoms with Gasteiger partial charge in [0, 0.05) is 18.4 Å². The molecule has 1 aromatic rings. The lowest BCUT2D eigenvalue weighted by atomic mass is 10.0. The Labute approximate surface area is 78.2 Å². The van der Waals surface area contributed by atoms with E-state index in [1.54, 1.807) is 12.4 Å². The summed E-state index contributed by atoms with van der Waals surface area (Å²) in [5, 5.41) is 8.79. The van der Waals surface area contributed by atoms with Crippen molar-refractivity contribution in [2.45, 2.75) is 25.8 Å². The molecule has 3 nitrogen and oxygen atoms in total. The third kappa shape index (κ3) is 2.27. The Morgan fingerprint density at radius 2 is 2.46 bits per heavy atom. The molecule has 0 aliphatic carbocycles. The first-order chi connectivity index (χ1) is 6.29. The molecular weight excluding hydrogens is 162 g/mol.